The van der Waals surface area contributed by atoms with Crippen LogP contribution in [0, 0.1) is 11.3 Å². The third kappa shape index (κ3) is 4.35. The van der Waals surface area contributed by atoms with E-state index in [9.17, 15) is 13.7 Å². The van der Waals surface area contributed by atoms with Crippen LogP contribution in [-0.2, 0) is 10.1 Å². The second kappa shape index (κ2) is 8.90. The number of hydrogen-bond acceptors (Lipinski definition) is 7. The van der Waals surface area contributed by atoms with Crippen LogP contribution >= 0.6 is 27.7 Å². The summed E-state index contributed by atoms with van der Waals surface area (Å²) in [6, 6.07) is 20.8. The van der Waals surface area contributed by atoms with Crippen LogP contribution in [-0.4, -0.2) is 14.7 Å². The Morgan fingerprint density at radius 1 is 1.09 bits per heavy atom. The molecule has 2 N–H and O–H groups in total. The van der Waals surface area contributed by atoms with Crippen molar-refractivity contribution in [2.75, 3.05) is 6.26 Å². The van der Waals surface area contributed by atoms with Gasteiger partial charge < -0.3 is 14.7 Å². The fourth-order valence-electron chi connectivity index (χ4n) is 3.40. The summed E-state index contributed by atoms with van der Waals surface area (Å²) in [5, 5.41) is 9.69. The average molecular weight is 529 g/mol. The number of benzene rings is 3. The zero-order chi connectivity index (χ0) is 22.9. The van der Waals surface area contributed by atoms with E-state index in [1.54, 1.807) is 36.0 Å². The quantitative estimate of drug-likeness (QED) is 0.360. The van der Waals surface area contributed by atoms with Gasteiger partial charge in [0.2, 0.25) is 5.88 Å². The number of nitrogens with two attached hydrogens (primary N) is 1. The molecule has 1 aliphatic heterocycles. The first-order chi connectivity index (χ1) is 15.3. The van der Waals surface area contributed by atoms with Crippen molar-refractivity contribution in [2.45, 2.75) is 15.7 Å². The van der Waals surface area contributed by atoms with Crippen molar-refractivity contribution >= 4 is 37.8 Å². The minimum Gasteiger partial charge on any atom is -0.440 e. The molecule has 0 radical (unpaired) electrons. The summed E-state index contributed by atoms with van der Waals surface area (Å²) in [5.74, 6) is -0.0380. The molecule has 0 bridgehead atoms. The van der Waals surface area contributed by atoms with Gasteiger partial charge in [0.15, 0.2) is 0 Å². The molecule has 6 nitrogen and oxygen atoms in total. The summed E-state index contributed by atoms with van der Waals surface area (Å²) in [7, 11) is -4.03. The Morgan fingerprint density at radius 3 is 2.41 bits per heavy atom. The fourth-order valence-corrected chi connectivity index (χ4v) is 5.00. The van der Waals surface area contributed by atoms with Crippen LogP contribution in [0.3, 0.4) is 0 Å². The fraction of sp³-hybridized carbons (Fsp3) is 0.0870. The molecule has 0 aromatic heterocycles. The number of hydrogen-bond donors (Lipinski definition) is 1. The normalized spacial score (nSPS) is 15.5. The highest BCUT2D eigenvalue weighted by molar-refractivity contribution is 9.10. The summed E-state index contributed by atoms with van der Waals surface area (Å²) in [6.07, 6.45) is 1.99. The van der Waals surface area contributed by atoms with E-state index >= 15 is 0 Å². The minimum atomic E-state index is -4.03. The van der Waals surface area contributed by atoms with Gasteiger partial charge in [0, 0.05) is 21.0 Å². The predicted molar refractivity (Wildman–Crippen MR) is 126 cm³/mol. The Bertz CT molecular complexity index is 1350. The number of allylic oxidation sites excluding steroid dienone is 1. The number of nitrogens with zero attached hydrogens (tertiary/aromatic N) is 1. The zero-order valence-electron chi connectivity index (χ0n) is 16.8. The maximum atomic E-state index is 12.6. The van der Waals surface area contributed by atoms with Gasteiger partial charge in [-0.05, 0) is 54.3 Å². The molecule has 0 amide bonds. The lowest BCUT2D eigenvalue weighted by Crippen LogP contribution is -2.21. The zero-order valence-corrected chi connectivity index (χ0v) is 20.0. The standard InChI is InChI=1S/C23H17BrN2O4S2/c1-31-17-7-2-14(3-8-17)22-19-11-6-16(12-21(19)29-23(26)20(22)13-25)30-32(27,28)18-9-4-15(24)5-10-18/h2-12,22H,26H2,1H3. The molecule has 0 saturated heterocycles. The SMILES string of the molecule is CSc1ccc(C2C(C#N)=C(N)Oc3cc(OS(=O)(=O)c4ccc(Br)cc4)ccc32)cc1. The van der Waals surface area contributed by atoms with Crippen molar-refractivity contribution in [3.05, 3.63) is 93.8 Å². The molecule has 3 aromatic rings. The maximum Gasteiger partial charge on any atom is 0.339 e. The summed E-state index contributed by atoms with van der Waals surface area (Å²) in [4.78, 5) is 1.12. The van der Waals surface area contributed by atoms with Crippen LogP contribution in [0.4, 0.5) is 0 Å². The number of rotatable bonds is 5. The lowest BCUT2D eigenvalue weighted by molar-refractivity contribution is 0.391. The van der Waals surface area contributed by atoms with E-state index in [-0.39, 0.29) is 16.5 Å². The Hall–Kier alpha value is -2.93. The molecule has 32 heavy (non-hydrogen) atoms. The van der Waals surface area contributed by atoms with E-state index in [0.717, 1.165) is 14.9 Å². The number of thioether (sulfide) groups is 1. The van der Waals surface area contributed by atoms with Gasteiger partial charge in [-0.2, -0.15) is 13.7 Å². The van der Waals surface area contributed by atoms with Crippen molar-refractivity contribution < 1.29 is 17.3 Å². The van der Waals surface area contributed by atoms with Gasteiger partial charge in [-0.25, -0.2) is 0 Å². The number of ether oxygens (including phenoxy) is 1. The lowest BCUT2D eigenvalue weighted by atomic mass is 9.83. The van der Waals surface area contributed by atoms with Gasteiger partial charge in [-0.1, -0.05) is 34.1 Å². The molecular weight excluding hydrogens is 512 g/mol. The molecule has 1 unspecified atom stereocenters. The Labute approximate surface area is 198 Å². The molecule has 4 rings (SSSR count). The highest BCUT2D eigenvalue weighted by Gasteiger charge is 2.31. The van der Waals surface area contributed by atoms with Crippen molar-refractivity contribution in [3.8, 4) is 17.6 Å². The molecule has 0 aliphatic carbocycles. The average Bonchev–Trinajstić information content (AvgIpc) is 2.78. The molecule has 1 atom stereocenters. The summed E-state index contributed by atoms with van der Waals surface area (Å²) < 4.78 is 37.0. The van der Waals surface area contributed by atoms with Gasteiger partial charge in [0.1, 0.15) is 28.0 Å². The molecule has 0 fully saturated rings. The van der Waals surface area contributed by atoms with Crippen molar-refractivity contribution in [2.24, 2.45) is 5.73 Å². The predicted octanol–water partition coefficient (Wildman–Crippen LogP) is 5.16. The summed E-state index contributed by atoms with van der Waals surface area (Å²) in [5.41, 5.74) is 7.91. The van der Waals surface area contributed by atoms with Crippen molar-refractivity contribution in [3.63, 3.8) is 0 Å². The third-order valence-electron chi connectivity index (χ3n) is 4.95. The lowest BCUT2D eigenvalue weighted by Gasteiger charge is -2.26. The van der Waals surface area contributed by atoms with Crippen LogP contribution in [0.2, 0.25) is 0 Å². The van der Waals surface area contributed by atoms with Crippen LogP contribution in [0.25, 0.3) is 0 Å². The van der Waals surface area contributed by atoms with Gasteiger partial charge in [0.25, 0.3) is 0 Å². The van der Waals surface area contributed by atoms with Crippen LogP contribution in [0.1, 0.15) is 17.0 Å². The van der Waals surface area contributed by atoms with Gasteiger partial charge in [0.05, 0.1) is 5.92 Å². The molecule has 162 valence electrons. The summed E-state index contributed by atoms with van der Waals surface area (Å²) >= 11 is 4.90. The number of nitriles is 1. The number of fused-ring (bicyclic) bond motifs is 1. The first kappa shape index (κ1) is 22.3. The van der Waals surface area contributed by atoms with E-state index in [2.05, 4.69) is 22.0 Å². The van der Waals surface area contributed by atoms with Crippen LogP contribution in [0.15, 0.2) is 92.4 Å². The molecular formula is C23H17BrN2O4S2. The second-order valence-corrected chi connectivity index (χ2v) is 10.2. The Kier molecular flexibility index (Phi) is 6.20. The first-order valence-electron chi connectivity index (χ1n) is 9.38. The molecule has 1 heterocycles. The monoisotopic (exact) mass is 528 g/mol. The molecule has 3 aromatic carbocycles. The van der Waals surface area contributed by atoms with Gasteiger partial charge >= 0.3 is 10.1 Å². The van der Waals surface area contributed by atoms with Gasteiger partial charge in [-0.3, -0.25) is 0 Å². The maximum absolute atomic E-state index is 12.6. The van der Waals surface area contributed by atoms with Crippen molar-refractivity contribution in [1.82, 2.24) is 0 Å². The Morgan fingerprint density at radius 2 is 1.78 bits per heavy atom. The first-order valence-corrected chi connectivity index (χ1v) is 12.8. The van der Waals surface area contributed by atoms with Crippen molar-refractivity contribution in [1.29, 1.82) is 5.26 Å². The highest BCUT2D eigenvalue weighted by atomic mass is 79.9. The van der Waals surface area contributed by atoms with E-state index in [4.69, 9.17) is 14.7 Å². The molecule has 9 heteroatoms. The van der Waals surface area contributed by atoms with Gasteiger partial charge in [-0.15, -0.1) is 11.8 Å². The molecule has 0 spiro atoms. The molecule has 1 aliphatic rings. The van der Waals surface area contributed by atoms with Crippen LogP contribution in [0.5, 0.6) is 11.5 Å². The van der Waals surface area contributed by atoms with E-state index in [1.165, 1.54) is 18.2 Å². The van der Waals surface area contributed by atoms with E-state index in [0.29, 0.717) is 16.9 Å². The largest absolute Gasteiger partial charge is 0.440 e. The number of halogens is 1. The topological polar surface area (TPSA) is 102 Å². The van der Waals surface area contributed by atoms with Crippen LogP contribution < -0.4 is 14.7 Å². The highest BCUT2D eigenvalue weighted by Crippen LogP contribution is 2.43. The molecule has 0 saturated carbocycles. The van der Waals surface area contributed by atoms with E-state index < -0.39 is 16.0 Å². The summed E-state index contributed by atoms with van der Waals surface area (Å²) in [6.45, 7) is 0. The second-order valence-electron chi connectivity index (χ2n) is 6.89. The van der Waals surface area contributed by atoms with E-state index in [1.807, 2.05) is 30.5 Å². The minimum absolute atomic E-state index is 0.0214. The third-order valence-corrected chi connectivity index (χ3v) is 7.48. The smallest absolute Gasteiger partial charge is 0.339 e. The Balaban J connectivity index is 1.71.